The number of nitro groups is 1. The highest BCUT2D eigenvalue weighted by Crippen LogP contribution is 2.36. The number of amidine groups is 1. The molecular weight excluding hydrogens is 330 g/mol. The van der Waals surface area contributed by atoms with E-state index in [1.54, 1.807) is 12.1 Å². The molecule has 2 aliphatic rings. The van der Waals surface area contributed by atoms with Crippen LogP contribution in [-0.2, 0) is 5.72 Å². The average molecular weight is 352 g/mol. The summed E-state index contributed by atoms with van der Waals surface area (Å²) in [6.45, 7) is 1.12. The Kier molecular flexibility index (Phi) is 4.20. The molecule has 0 bridgehead atoms. The lowest BCUT2D eigenvalue weighted by Gasteiger charge is -2.23. The molecule has 0 aliphatic carbocycles. The largest absolute Gasteiger partial charge is 0.346 e. The van der Waals surface area contributed by atoms with Crippen LogP contribution in [0.2, 0.25) is 0 Å². The maximum Gasteiger partial charge on any atom is 0.271 e. The van der Waals surface area contributed by atoms with Crippen LogP contribution in [0.1, 0.15) is 31.2 Å². The highest BCUT2D eigenvalue weighted by atomic mass is 16.6. The Morgan fingerprint density at radius 3 is 2.65 bits per heavy atom. The Balaban J connectivity index is 1.82. The van der Waals surface area contributed by atoms with Crippen molar-refractivity contribution >= 4 is 17.2 Å². The predicted molar refractivity (Wildman–Crippen MR) is 99.4 cm³/mol. The second-order valence-corrected chi connectivity index (χ2v) is 6.92. The first-order chi connectivity index (χ1) is 12.6. The molecule has 0 aromatic heterocycles. The molecule has 2 aromatic carbocycles. The number of nitrogens with zero attached hydrogens (tertiary/aromatic N) is 3. The van der Waals surface area contributed by atoms with Crippen LogP contribution in [0.3, 0.4) is 0 Å². The fourth-order valence-corrected chi connectivity index (χ4v) is 4.03. The Labute approximate surface area is 152 Å². The van der Waals surface area contributed by atoms with Crippen LogP contribution >= 0.6 is 0 Å². The number of nitro benzene ring substituents is 1. The first-order valence-electron chi connectivity index (χ1n) is 9.03. The van der Waals surface area contributed by atoms with Gasteiger partial charge < -0.3 is 5.11 Å². The van der Waals surface area contributed by atoms with Gasteiger partial charge in [-0.15, -0.1) is 0 Å². The highest BCUT2D eigenvalue weighted by molar-refractivity contribution is 5.95. The second-order valence-electron chi connectivity index (χ2n) is 6.92. The third-order valence-electron chi connectivity index (χ3n) is 5.32. The van der Waals surface area contributed by atoms with E-state index in [-0.39, 0.29) is 5.69 Å². The first-order valence-corrected chi connectivity index (χ1v) is 9.03. The minimum absolute atomic E-state index is 0.00505. The van der Waals surface area contributed by atoms with E-state index in [9.17, 15) is 15.2 Å². The summed E-state index contributed by atoms with van der Waals surface area (Å²) in [5, 5.41) is 22.9. The van der Waals surface area contributed by atoms with Gasteiger partial charge in [-0.3, -0.25) is 10.1 Å². The molecule has 2 aromatic rings. The van der Waals surface area contributed by atoms with Gasteiger partial charge in [-0.1, -0.05) is 30.3 Å². The standard InChI is InChI=1S/C20H22N3O3/c24-20(16-8-7-11-18(14-16)23(25)26)15-21(17-9-3-1-4-10-17)19-12-5-2-6-13-22(19)20/h1,3-4,7-11,14,24H,2,5-6,12-13,15H2/q+1. The monoisotopic (exact) mass is 352 g/mol. The van der Waals surface area contributed by atoms with Crippen molar-refractivity contribution in [2.45, 2.75) is 31.4 Å². The molecular formula is C20H22N3O3+. The smallest absolute Gasteiger partial charge is 0.271 e. The van der Waals surface area contributed by atoms with E-state index < -0.39 is 10.6 Å². The summed E-state index contributed by atoms with van der Waals surface area (Å²) in [7, 11) is 0. The van der Waals surface area contributed by atoms with E-state index >= 15 is 0 Å². The second kappa shape index (κ2) is 6.53. The van der Waals surface area contributed by atoms with E-state index in [4.69, 9.17) is 0 Å². The number of non-ortho nitro benzene ring substituents is 1. The SMILES string of the molecule is O=[N+]([O-])c1cccc(C2(O)CN(c3ccccc3)C3=[N+]2CCCCC3)c1. The number of hydrogen-bond donors (Lipinski definition) is 1. The van der Waals surface area contributed by atoms with Gasteiger partial charge in [0.1, 0.15) is 5.69 Å². The van der Waals surface area contributed by atoms with Crippen LogP contribution < -0.4 is 4.90 Å². The van der Waals surface area contributed by atoms with Crippen molar-refractivity contribution in [2.75, 3.05) is 18.0 Å². The lowest BCUT2D eigenvalue weighted by molar-refractivity contribution is -0.658. The zero-order chi connectivity index (χ0) is 18.1. The quantitative estimate of drug-likeness (QED) is 0.523. The summed E-state index contributed by atoms with van der Waals surface area (Å²) in [5.41, 5.74) is 0.354. The average Bonchev–Trinajstić information content (AvgIpc) is 2.82. The molecule has 1 unspecified atom stereocenters. The van der Waals surface area contributed by atoms with Gasteiger partial charge >= 0.3 is 0 Å². The van der Waals surface area contributed by atoms with Gasteiger partial charge in [-0.05, 0) is 31.4 Å². The molecule has 6 heteroatoms. The number of β-amino-alcohol motifs (C(OH)–C–C–N with tert-alkyl or cyclic N) is 1. The molecule has 26 heavy (non-hydrogen) atoms. The minimum atomic E-state index is -1.26. The van der Waals surface area contributed by atoms with E-state index in [0.717, 1.165) is 43.8 Å². The summed E-state index contributed by atoms with van der Waals surface area (Å²) in [6, 6.07) is 16.4. The zero-order valence-electron chi connectivity index (χ0n) is 14.5. The van der Waals surface area contributed by atoms with Crippen molar-refractivity contribution in [3.63, 3.8) is 0 Å². The molecule has 0 saturated carbocycles. The van der Waals surface area contributed by atoms with Gasteiger partial charge in [0.05, 0.1) is 11.5 Å². The first kappa shape index (κ1) is 16.7. The minimum Gasteiger partial charge on any atom is -0.346 e. The van der Waals surface area contributed by atoms with Crippen molar-refractivity contribution in [1.82, 2.24) is 0 Å². The van der Waals surface area contributed by atoms with Crippen molar-refractivity contribution < 1.29 is 14.6 Å². The van der Waals surface area contributed by atoms with Crippen molar-refractivity contribution in [1.29, 1.82) is 0 Å². The number of hydrogen-bond acceptors (Lipinski definition) is 4. The lowest BCUT2D eigenvalue weighted by Crippen LogP contribution is -2.41. The van der Waals surface area contributed by atoms with E-state index in [1.807, 2.05) is 34.9 Å². The molecule has 2 heterocycles. The molecule has 0 amide bonds. The third-order valence-corrected chi connectivity index (χ3v) is 5.32. The Morgan fingerprint density at radius 2 is 1.88 bits per heavy atom. The van der Waals surface area contributed by atoms with Crippen LogP contribution in [0.4, 0.5) is 11.4 Å². The third kappa shape index (κ3) is 2.76. The highest BCUT2D eigenvalue weighted by Gasteiger charge is 2.52. The van der Waals surface area contributed by atoms with Gasteiger partial charge in [0.25, 0.3) is 17.2 Å². The predicted octanol–water partition coefficient (Wildman–Crippen LogP) is 3.25. The topological polar surface area (TPSA) is 69.6 Å². The van der Waals surface area contributed by atoms with E-state index in [1.165, 1.54) is 12.1 Å². The number of benzene rings is 2. The van der Waals surface area contributed by atoms with Gasteiger partial charge in [0.15, 0.2) is 6.54 Å². The van der Waals surface area contributed by atoms with Crippen LogP contribution in [0.25, 0.3) is 0 Å². The van der Waals surface area contributed by atoms with Crippen LogP contribution in [-0.4, -0.2) is 33.5 Å². The van der Waals surface area contributed by atoms with E-state index in [2.05, 4.69) is 4.90 Å². The molecule has 0 spiro atoms. The summed E-state index contributed by atoms with van der Waals surface area (Å²) in [5.74, 6) is 1.10. The molecule has 0 saturated heterocycles. The maximum atomic E-state index is 11.7. The van der Waals surface area contributed by atoms with Crippen molar-refractivity contribution in [3.8, 4) is 0 Å². The molecule has 1 N–H and O–H groups in total. The summed E-state index contributed by atoms with van der Waals surface area (Å²) in [6.07, 6.45) is 4.10. The molecule has 0 radical (unpaired) electrons. The lowest BCUT2D eigenvalue weighted by atomic mass is 10.0. The number of anilines is 1. The molecule has 134 valence electrons. The summed E-state index contributed by atoms with van der Waals surface area (Å²) in [4.78, 5) is 12.9. The molecule has 6 nitrogen and oxygen atoms in total. The van der Waals surface area contributed by atoms with Gasteiger partial charge in [0.2, 0.25) is 0 Å². The molecule has 1 atom stereocenters. The van der Waals surface area contributed by atoms with Crippen molar-refractivity contribution in [2.24, 2.45) is 0 Å². The Morgan fingerprint density at radius 1 is 1.08 bits per heavy atom. The number of aliphatic hydroxyl groups is 1. The van der Waals surface area contributed by atoms with Crippen LogP contribution in [0.15, 0.2) is 54.6 Å². The molecule has 2 aliphatic heterocycles. The van der Waals surface area contributed by atoms with Gasteiger partial charge in [0, 0.05) is 24.1 Å². The molecule has 4 rings (SSSR count). The van der Waals surface area contributed by atoms with Crippen LogP contribution in [0.5, 0.6) is 0 Å². The van der Waals surface area contributed by atoms with Crippen LogP contribution in [0, 0.1) is 10.1 Å². The summed E-state index contributed by atoms with van der Waals surface area (Å²) >= 11 is 0. The summed E-state index contributed by atoms with van der Waals surface area (Å²) < 4.78 is 2.05. The Bertz CT molecular complexity index is 866. The van der Waals surface area contributed by atoms with Gasteiger partial charge in [-0.2, -0.15) is 0 Å². The fourth-order valence-electron chi connectivity index (χ4n) is 4.03. The normalized spacial score (nSPS) is 22.9. The van der Waals surface area contributed by atoms with Gasteiger partial charge in [-0.25, -0.2) is 9.48 Å². The zero-order valence-corrected chi connectivity index (χ0v) is 14.5. The Hall–Kier alpha value is -2.73. The fraction of sp³-hybridized carbons (Fsp3) is 0.350. The number of para-hydroxylation sites is 1. The maximum absolute atomic E-state index is 11.7. The van der Waals surface area contributed by atoms with E-state index in [0.29, 0.717) is 12.1 Å². The van der Waals surface area contributed by atoms with Crippen molar-refractivity contribution in [3.05, 3.63) is 70.3 Å². The molecule has 0 fully saturated rings. The number of rotatable bonds is 3.